The van der Waals surface area contributed by atoms with Crippen LogP contribution in [0.15, 0.2) is 23.0 Å². The first-order valence-electron chi connectivity index (χ1n) is 4.53. The van der Waals surface area contributed by atoms with Gasteiger partial charge in [-0.3, -0.25) is 4.79 Å². The van der Waals surface area contributed by atoms with Crippen molar-refractivity contribution in [1.82, 2.24) is 9.97 Å². The molecule has 0 saturated carbocycles. The van der Waals surface area contributed by atoms with Crippen LogP contribution in [-0.2, 0) is 0 Å². The van der Waals surface area contributed by atoms with Crippen LogP contribution >= 0.6 is 25.1 Å². The number of halogens is 1. The van der Waals surface area contributed by atoms with Crippen molar-refractivity contribution in [2.45, 2.75) is 13.0 Å². The van der Waals surface area contributed by atoms with Crippen molar-refractivity contribution in [3.63, 3.8) is 0 Å². The molecule has 2 rings (SSSR count). The van der Waals surface area contributed by atoms with Gasteiger partial charge in [-0.1, -0.05) is 11.6 Å². The van der Waals surface area contributed by atoms with Gasteiger partial charge in [0.15, 0.2) is 0 Å². The van der Waals surface area contributed by atoms with E-state index in [1.165, 1.54) is 0 Å². The second-order valence-electron chi connectivity index (χ2n) is 3.40. The first kappa shape index (κ1) is 13.0. The molecule has 6 heteroatoms. The summed E-state index contributed by atoms with van der Waals surface area (Å²) in [6, 6.07) is 4.72. The van der Waals surface area contributed by atoms with Crippen LogP contribution in [0.25, 0.3) is 11.0 Å². The van der Waals surface area contributed by atoms with Gasteiger partial charge in [0.25, 0.3) is 5.56 Å². The molecular weight excluding hydrogens is 246 g/mol. The lowest BCUT2D eigenvalue weighted by Gasteiger charge is -2.05. The molecule has 0 bridgehead atoms. The quantitative estimate of drug-likeness (QED) is 0.817. The van der Waals surface area contributed by atoms with Crippen molar-refractivity contribution >= 4 is 36.1 Å². The van der Waals surface area contributed by atoms with Crippen LogP contribution < -0.4 is 11.3 Å². The van der Waals surface area contributed by atoms with Crippen molar-refractivity contribution in [3.8, 4) is 0 Å². The molecule has 0 spiro atoms. The van der Waals surface area contributed by atoms with Crippen LogP contribution in [0.4, 0.5) is 0 Å². The Balaban J connectivity index is 0.00000128. The summed E-state index contributed by atoms with van der Waals surface area (Å²) in [7, 11) is 0. The largest absolute Gasteiger partial charge is 0.323 e. The molecule has 0 aliphatic heterocycles. The smallest absolute Gasteiger partial charge is 0.271 e. The molecule has 0 aliphatic rings. The maximum atomic E-state index is 11.5. The fourth-order valence-electron chi connectivity index (χ4n) is 1.38. The number of benzene rings is 1. The molecule has 0 saturated heterocycles. The Morgan fingerprint density at radius 2 is 2.19 bits per heavy atom. The normalized spacial score (nSPS) is 12.2. The predicted molar refractivity (Wildman–Crippen MR) is 70.4 cm³/mol. The molecule has 3 N–H and O–H groups in total. The number of rotatable bonds is 1. The van der Waals surface area contributed by atoms with Crippen LogP contribution in [0, 0.1) is 0 Å². The van der Waals surface area contributed by atoms with Crippen LogP contribution in [0.3, 0.4) is 0 Å². The highest BCUT2D eigenvalue weighted by atomic mass is 35.5. The van der Waals surface area contributed by atoms with Gasteiger partial charge in [-0.25, -0.2) is 4.98 Å². The van der Waals surface area contributed by atoms with Crippen LogP contribution in [0.1, 0.15) is 18.7 Å². The van der Waals surface area contributed by atoms with E-state index < -0.39 is 6.04 Å². The molecule has 4 nitrogen and oxygen atoms in total. The molecule has 0 fully saturated rings. The molecule has 2 aromatic rings. The summed E-state index contributed by atoms with van der Waals surface area (Å²) in [5.74, 6) is 0. The second kappa shape index (κ2) is 4.86. The molecule has 16 heavy (non-hydrogen) atoms. The fourth-order valence-corrected chi connectivity index (χ4v) is 1.54. The van der Waals surface area contributed by atoms with Gasteiger partial charge in [0.1, 0.15) is 5.69 Å². The topological polar surface area (TPSA) is 71.8 Å². The van der Waals surface area contributed by atoms with Gasteiger partial charge in [0, 0.05) is 11.1 Å². The average Bonchev–Trinajstić information content (AvgIpc) is 2.17. The third kappa shape index (κ3) is 2.37. The maximum Gasteiger partial charge on any atom is 0.271 e. The van der Waals surface area contributed by atoms with Crippen molar-refractivity contribution in [3.05, 3.63) is 39.3 Å². The standard InChI is InChI=1S/C10H10ClN3O.H2S/c1-5(12)9-10(15)14-7-3-2-6(11)4-8(7)13-9;/h2-5H,12H2,1H3,(H,14,15);1H2/t5-;/m0./s1. The lowest BCUT2D eigenvalue weighted by molar-refractivity contribution is 0.768. The Bertz CT molecular complexity index is 567. The van der Waals surface area contributed by atoms with Crippen LogP contribution in [-0.4, -0.2) is 9.97 Å². The molecule has 1 atom stereocenters. The monoisotopic (exact) mass is 257 g/mol. The van der Waals surface area contributed by atoms with E-state index in [2.05, 4.69) is 9.97 Å². The third-order valence-electron chi connectivity index (χ3n) is 2.11. The molecule has 0 unspecified atom stereocenters. The SMILES string of the molecule is C[C@H](N)c1nc2cc(Cl)ccc2[nH]c1=O.S. The Kier molecular flexibility index (Phi) is 3.96. The van der Waals surface area contributed by atoms with E-state index >= 15 is 0 Å². The maximum absolute atomic E-state index is 11.5. The number of aromatic amines is 1. The van der Waals surface area contributed by atoms with Crippen molar-refractivity contribution in [2.24, 2.45) is 5.73 Å². The summed E-state index contributed by atoms with van der Waals surface area (Å²) in [6.45, 7) is 1.72. The molecule has 1 aromatic heterocycles. The first-order chi connectivity index (χ1) is 7.08. The van der Waals surface area contributed by atoms with Crippen LogP contribution in [0.5, 0.6) is 0 Å². The minimum atomic E-state index is -0.392. The van der Waals surface area contributed by atoms with Gasteiger partial charge in [-0.15, -0.1) is 0 Å². The summed E-state index contributed by atoms with van der Waals surface area (Å²) in [5, 5.41) is 0.581. The van der Waals surface area contributed by atoms with Gasteiger partial charge < -0.3 is 10.7 Å². The summed E-state index contributed by atoms with van der Waals surface area (Å²) in [6.07, 6.45) is 0. The highest BCUT2D eigenvalue weighted by Gasteiger charge is 2.08. The molecule has 1 aromatic carbocycles. The Labute approximate surface area is 104 Å². The number of aromatic nitrogens is 2. The van der Waals surface area contributed by atoms with Crippen molar-refractivity contribution in [1.29, 1.82) is 0 Å². The Morgan fingerprint density at radius 1 is 1.50 bits per heavy atom. The minimum Gasteiger partial charge on any atom is -0.323 e. The number of hydrogen-bond donors (Lipinski definition) is 2. The van der Waals surface area contributed by atoms with E-state index in [0.29, 0.717) is 21.7 Å². The fraction of sp³-hybridized carbons (Fsp3) is 0.200. The Morgan fingerprint density at radius 3 is 2.81 bits per heavy atom. The number of nitrogens with one attached hydrogen (secondary N) is 1. The van der Waals surface area contributed by atoms with E-state index in [0.717, 1.165) is 0 Å². The van der Waals surface area contributed by atoms with E-state index in [1.807, 2.05) is 0 Å². The molecule has 0 radical (unpaired) electrons. The van der Waals surface area contributed by atoms with Crippen molar-refractivity contribution in [2.75, 3.05) is 0 Å². The zero-order valence-corrected chi connectivity index (χ0v) is 10.4. The number of nitrogens with two attached hydrogens (primary N) is 1. The molecular formula is C10H12ClN3OS. The molecule has 1 heterocycles. The highest BCUT2D eigenvalue weighted by Crippen LogP contribution is 2.15. The van der Waals surface area contributed by atoms with Gasteiger partial charge >= 0.3 is 0 Å². The van der Waals surface area contributed by atoms with E-state index in [-0.39, 0.29) is 19.1 Å². The first-order valence-corrected chi connectivity index (χ1v) is 4.91. The van der Waals surface area contributed by atoms with E-state index in [9.17, 15) is 4.79 Å². The van der Waals surface area contributed by atoms with E-state index in [4.69, 9.17) is 17.3 Å². The number of fused-ring (bicyclic) bond motifs is 1. The summed E-state index contributed by atoms with van der Waals surface area (Å²) >= 11 is 5.83. The average molecular weight is 258 g/mol. The lowest BCUT2D eigenvalue weighted by atomic mass is 10.2. The molecule has 86 valence electrons. The number of hydrogen-bond acceptors (Lipinski definition) is 3. The Hall–Kier alpha value is -1.04. The van der Waals surface area contributed by atoms with Gasteiger partial charge in [0.05, 0.1) is 11.0 Å². The minimum absolute atomic E-state index is 0. The zero-order chi connectivity index (χ0) is 11.0. The molecule has 0 aliphatic carbocycles. The van der Waals surface area contributed by atoms with E-state index in [1.54, 1.807) is 25.1 Å². The van der Waals surface area contributed by atoms with Gasteiger partial charge in [0.2, 0.25) is 0 Å². The predicted octanol–water partition coefficient (Wildman–Crippen LogP) is 1.71. The lowest BCUT2D eigenvalue weighted by Crippen LogP contribution is -2.21. The summed E-state index contributed by atoms with van der Waals surface area (Å²) < 4.78 is 0. The summed E-state index contributed by atoms with van der Waals surface area (Å²) in [5.41, 5.74) is 7.01. The highest BCUT2D eigenvalue weighted by molar-refractivity contribution is 7.59. The summed E-state index contributed by atoms with van der Waals surface area (Å²) in [4.78, 5) is 18.4. The number of nitrogens with zero attached hydrogens (tertiary/aromatic N) is 1. The van der Waals surface area contributed by atoms with Gasteiger partial charge in [-0.2, -0.15) is 13.5 Å². The molecule has 0 amide bonds. The van der Waals surface area contributed by atoms with Crippen LogP contribution in [0.2, 0.25) is 5.02 Å². The van der Waals surface area contributed by atoms with Crippen molar-refractivity contribution < 1.29 is 0 Å². The third-order valence-corrected chi connectivity index (χ3v) is 2.35. The second-order valence-corrected chi connectivity index (χ2v) is 3.84. The van der Waals surface area contributed by atoms with Gasteiger partial charge in [-0.05, 0) is 25.1 Å². The zero-order valence-electron chi connectivity index (χ0n) is 8.62. The number of H-pyrrole nitrogens is 1.